The highest BCUT2D eigenvalue weighted by molar-refractivity contribution is 5.92. The van der Waals surface area contributed by atoms with Crippen LogP contribution in [0, 0.1) is 5.82 Å². The SMILES string of the molecule is Cl.O=C(NCC(N1CCNCC1)C(F)(F)F)c1ccc(-c2ccc(F)cc2)o1. The van der Waals surface area contributed by atoms with Crippen molar-refractivity contribution in [2.75, 3.05) is 32.7 Å². The molecule has 2 N–H and O–H groups in total. The van der Waals surface area contributed by atoms with E-state index in [1.165, 1.54) is 41.3 Å². The molecule has 1 aliphatic heterocycles. The number of furan rings is 1. The van der Waals surface area contributed by atoms with Gasteiger partial charge in [-0.1, -0.05) is 0 Å². The van der Waals surface area contributed by atoms with Crippen LogP contribution in [0.3, 0.4) is 0 Å². The van der Waals surface area contributed by atoms with Crippen LogP contribution < -0.4 is 10.6 Å². The molecule has 5 nitrogen and oxygen atoms in total. The number of benzene rings is 1. The average Bonchev–Trinajstić information content (AvgIpc) is 3.12. The Kier molecular flexibility index (Phi) is 7.45. The molecular formula is C18H20ClF4N3O2. The van der Waals surface area contributed by atoms with Crippen LogP contribution >= 0.6 is 12.4 Å². The van der Waals surface area contributed by atoms with E-state index in [1.807, 2.05) is 0 Å². The number of hydrogen-bond donors (Lipinski definition) is 2. The van der Waals surface area contributed by atoms with Gasteiger partial charge in [0.2, 0.25) is 0 Å². The number of nitrogens with zero attached hydrogens (tertiary/aromatic N) is 1. The first kappa shape index (κ1) is 22.2. The van der Waals surface area contributed by atoms with E-state index in [0.29, 0.717) is 24.4 Å². The zero-order valence-electron chi connectivity index (χ0n) is 14.8. The van der Waals surface area contributed by atoms with Gasteiger partial charge in [-0.15, -0.1) is 12.4 Å². The topological polar surface area (TPSA) is 57.5 Å². The fourth-order valence-corrected chi connectivity index (χ4v) is 2.95. The lowest BCUT2D eigenvalue weighted by atomic mass is 10.2. The number of carbonyl (C=O) groups is 1. The van der Waals surface area contributed by atoms with Gasteiger partial charge in [0.05, 0.1) is 0 Å². The summed E-state index contributed by atoms with van der Waals surface area (Å²) in [4.78, 5) is 13.5. The van der Waals surface area contributed by atoms with Gasteiger partial charge in [0.25, 0.3) is 5.91 Å². The quantitative estimate of drug-likeness (QED) is 0.729. The van der Waals surface area contributed by atoms with Gasteiger partial charge in [-0.25, -0.2) is 4.39 Å². The molecule has 0 bridgehead atoms. The van der Waals surface area contributed by atoms with Gasteiger partial charge in [-0.2, -0.15) is 13.2 Å². The molecular weight excluding hydrogens is 402 g/mol. The van der Waals surface area contributed by atoms with E-state index in [1.54, 1.807) is 0 Å². The van der Waals surface area contributed by atoms with Gasteiger partial charge in [-0.3, -0.25) is 9.69 Å². The molecule has 1 saturated heterocycles. The second-order valence-corrected chi connectivity index (χ2v) is 6.22. The van der Waals surface area contributed by atoms with Crippen molar-refractivity contribution in [1.82, 2.24) is 15.5 Å². The maximum atomic E-state index is 13.3. The van der Waals surface area contributed by atoms with Gasteiger partial charge < -0.3 is 15.1 Å². The van der Waals surface area contributed by atoms with E-state index >= 15 is 0 Å². The van der Waals surface area contributed by atoms with Gasteiger partial charge in [0.15, 0.2) is 5.76 Å². The fourth-order valence-electron chi connectivity index (χ4n) is 2.95. The first-order valence-corrected chi connectivity index (χ1v) is 8.50. The second kappa shape index (κ2) is 9.40. The lowest BCUT2D eigenvalue weighted by molar-refractivity contribution is -0.183. The first-order chi connectivity index (χ1) is 12.8. The Morgan fingerprint density at radius 3 is 2.39 bits per heavy atom. The van der Waals surface area contributed by atoms with E-state index in [-0.39, 0.29) is 31.3 Å². The van der Waals surface area contributed by atoms with Gasteiger partial charge in [-0.05, 0) is 36.4 Å². The summed E-state index contributed by atoms with van der Waals surface area (Å²) in [5.41, 5.74) is 0.560. The summed E-state index contributed by atoms with van der Waals surface area (Å²) in [7, 11) is 0. The Balaban J connectivity index is 0.00000280. The van der Waals surface area contributed by atoms with Crippen LogP contribution in [0.5, 0.6) is 0 Å². The lowest BCUT2D eigenvalue weighted by Crippen LogP contribution is -2.57. The number of piperazine rings is 1. The number of carbonyl (C=O) groups excluding carboxylic acids is 1. The fraction of sp³-hybridized carbons (Fsp3) is 0.389. The van der Waals surface area contributed by atoms with Crippen molar-refractivity contribution in [1.29, 1.82) is 0 Å². The molecule has 0 radical (unpaired) electrons. The molecule has 2 heterocycles. The minimum Gasteiger partial charge on any atom is -0.451 e. The molecule has 28 heavy (non-hydrogen) atoms. The van der Waals surface area contributed by atoms with Crippen LogP contribution in [0.2, 0.25) is 0 Å². The van der Waals surface area contributed by atoms with Crippen molar-refractivity contribution < 1.29 is 26.8 Å². The largest absolute Gasteiger partial charge is 0.451 e. The second-order valence-electron chi connectivity index (χ2n) is 6.22. The summed E-state index contributed by atoms with van der Waals surface area (Å²) in [5, 5.41) is 5.30. The zero-order chi connectivity index (χ0) is 19.4. The molecule has 0 aliphatic carbocycles. The molecule has 0 saturated carbocycles. The summed E-state index contributed by atoms with van der Waals surface area (Å²) in [5.74, 6) is -0.910. The van der Waals surface area contributed by atoms with Crippen molar-refractivity contribution in [2.24, 2.45) is 0 Å². The Bertz CT molecular complexity index is 774. The third-order valence-electron chi connectivity index (χ3n) is 4.38. The number of rotatable bonds is 5. The van der Waals surface area contributed by atoms with Crippen molar-refractivity contribution >= 4 is 18.3 Å². The van der Waals surface area contributed by atoms with Crippen LogP contribution in [0.15, 0.2) is 40.8 Å². The summed E-state index contributed by atoms with van der Waals surface area (Å²) < 4.78 is 58.4. The van der Waals surface area contributed by atoms with E-state index in [4.69, 9.17) is 4.42 Å². The number of alkyl halides is 3. The molecule has 1 amide bonds. The average molecular weight is 422 g/mol. The molecule has 1 fully saturated rings. The van der Waals surface area contributed by atoms with E-state index < -0.39 is 30.5 Å². The smallest absolute Gasteiger partial charge is 0.405 e. The number of amides is 1. The molecule has 1 aromatic carbocycles. The van der Waals surface area contributed by atoms with E-state index in [9.17, 15) is 22.4 Å². The summed E-state index contributed by atoms with van der Waals surface area (Å²) in [6.45, 7) is 0.902. The molecule has 154 valence electrons. The Labute approximate surface area is 165 Å². The molecule has 1 atom stereocenters. The molecule has 0 spiro atoms. The van der Waals surface area contributed by atoms with Crippen LogP contribution in [0.4, 0.5) is 17.6 Å². The third kappa shape index (κ3) is 5.46. The number of halogens is 5. The monoisotopic (exact) mass is 421 g/mol. The Hall–Kier alpha value is -2.10. The van der Waals surface area contributed by atoms with Crippen LogP contribution in [0.1, 0.15) is 10.6 Å². The molecule has 1 aliphatic rings. The van der Waals surface area contributed by atoms with Crippen molar-refractivity contribution in [3.05, 3.63) is 48.0 Å². The van der Waals surface area contributed by atoms with Gasteiger partial charge >= 0.3 is 6.18 Å². The van der Waals surface area contributed by atoms with Gasteiger partial charge in [0, 0.05) is 38.3 Å². The lowest BCUT2D eigenvalue weighted by Gasteiger charge is -2.35. The first-order valence-electron chi connectivity index (χ1n) is 8.50. The van der Waals surface area contributed by atoms with Crippen LogP contribution in [-0.4, -0.2) is 55.7 Å². The predicted molar refractivity (Wildman–Crippen MR) is 98.0 cm³/mol. The van der Waals surface area contributed by atoms with Crippen molar-refractivity contribution in [3.63, 3.8) is 0 Å². The summed E-state index contributed by atoms with van der Waals surface area (Å²) >= 11 is 0. The van der Waals surface area contributed by atoms with Crippen molar-refractivity contribution in [2.45, 2.75) is 12.2 Å². The normalized spacial score (nSPS) is 16.3. The molecule has 2 aromatic rings. The summed E-state index contributed by atoms with van der Waals surface area (Å²) in [6, 6.07) is 6.61. The standard InChI is InChI=1S/C18H19F4N3O2.ClH/c19-13-3-1-12(2-4-13)14-5-6-15(27-14)17(26)24-11-16(18(20,21)22)25-9-7-23-8-10-25;/h1-6,16,23H,7-11H2,(H,24,26);1H. The zero-order valence-corrected chi connectivity index (χ0v) is 15.6. The molecule has 1 aromatic heterocycles. The highest BCUT2D eigenvalue weighted by atomic mass is 35.5. The third-order valence-corrected chi connectivity index (χ3v) is 4.38. The number of nitrogens with one attached hydrogen (secondary N) is 2. The summed E-state index contributed by atoms with van der Waals surface area (Å²) in [6.07, 6.45) is -4.45. The van der Waals surface area contributed by atoms with Crippen LogP contribution in [0.25, 0.3) is 11.3 Å². The van der Waals surface area contributed by atoms with Gasteiger partial charge in [0.1, 0.15) is 17.6 Å². The maximum Gasteiger partial charge on any atom is 0.405 e. The van der Waals surface area contributed by atoms with E-state index in [0.717, 1.165) is 0 Å². The Morgan fingerprint density at radius 2 is 1.79 bits per heavy atom. The molecule has 10 heteroatoms. The highest BCUT2D eigenvalue weighted by Gasteiger charge is 2.43. The molecule has 1 unspecified atom stereocenters. The van der Waals surface area contributed by atoms with Crippen LogP contribution in [-0.2, 0) is 0 Å². The minimum atomic E-state index is -4.45. The maximum absolute atomic E-state index is 13.3. The van der Waals surface area contributed by atoms with E-state index in [2.05, 4.69) is 10.6 Å². The minimum absolute atomic E-state index is 0. The van der Waals surface area contributed by atoms with Crippen molar-refractivity contribution in [3.8, 4) is 11.3 Å². The number of hydrogen-bond acceptors (Lipinski definition) is 4. The Morgan fingerprint density at radius 1 is 1.14 bits per heavy atom. The predicted octanol–water partition coefficient (Wildman–Crippen LogP) is 3.07. The molecule has 3 rings (SSSR count). The highest BCUT2D eigenvalue weighted by Crippen LogP contribution is 2.25.